The summed E-state index contributed by atoms with van der Waals surface area (Å²) < 4.78 is 5.63. The molecule has 3 N–H and O–H groups in total. The van der Waals surface area contributed by atoms with Crippen LogP contribution in [-0.4, -0.2) is 29.4 Å². The van der Waals surface area contributed by atoms with E-state index in [1.54, 1.807) is 0 Å². The number of hydrogen-bond acceptors (Lipinski definition) is 4. The number of unbranched alkanes of at least 4 members (excludes halogenated alkanes) is 8. The van der Waals surface area contributed by atoms with Crippen molar-refractivity contribution < 1.29 is 19.1 Å². The van der Waals surface area contributed by atoms with E-state index in [9.17, 15) is 14.4 Å². The summed E-state index contributed by atoms with van der Waals surface area (Å²) in [6, 6.07) is -0.755. The molecule has 1 saturated carbocycles. The molecule has 1 rings (SSSR count). The van der Waals surface area contributed by atoms with E-state index in [2.05, 4.69) is 12.2 Å². The van der Waals surface area contributed by atoms with Crippen LogP contribution in [0.4, 0.5) is 0 Å². The van der Waals surface area contributed by atoms with Gasteiger partial charge in [-0.15, -0.1) is 0 Å². The van der Waals surface area contributed by atoms with Crippen LogP contribution in [0.15, 0.2) is 0 Å². The number of ether oxygens (including phenoxy) is 1. The largest absolute Gasteiger partial charge is 0.447 e. The number of carbonyl (C=O) groups is 3. The van der Waals surface area contributed by atoms with Crippen LogP contribution >= 0.6 is 0 Å². The Kier molecular flexibility index (Phi) is 12.7. The molecule has 6 heteroatoms. The van der Waals surface area contributed by atoms with Gasteiger partial charge < -0.3 is 15.8 Å². The summed E-state index contributed by atoms with van der Waals surface area (Å²) >= 11 is 0. The Morgan fingerprint density at radius 1 is 0.900 bits per heavy atom. The van der Waals surface area contributed by atoms with E-state index in [1.807, 2.05) is 13.8 Å². The highest BCUT2D eigenvalue weighted by atomic mass is 16.6. The smallest absolute Gasteiger partial charge is 0.329 e. The fourth-order valence-electron chi connectivity index (χ4n) is 4.12. The van der Waals surface area contributed by atoms with E-state index in [-0.39, 0.29) is 11.8 Å². The van der Waals surface area contributed by atoms with Gasteiger partial charge in [-0.25, -0.2) is 4.79 Å². The second-order valence-electron chi connectivity index (χ2n) is 9.21. The Morgan fingerprint density at radius 2 is 1.43 bits per heavy atom. The minimum Gasteiger partial charge on any atom is -0.447 e. The van der Waals surface area contributed by atoms with E-state index in [0.29, 0.717) is 19.3 Å². The Bertz CT molecular complexity index is 527. The number of hydrogen-bond donors (Lipinski definition) is 2. The van der Waals surface area contributed by atoms with Crippen LogP contribution in [0.1, 0.15) is 117 Å². The van der Waals surface area contributed by atoms with Gasteiger partial charge in [0.15, 0.2) is 5.60 Å². The van der Waals surface area contributed by atoms with Crippen molar-refractivity contribution in [2.45, 2.75) is 129 Å². The molecule has 0 heterocycles. The molecule has 174 valence electrons. The van der Waals surface area contributed by atoms with Gasteiger partial charge in [0.25, 0.3) is 5.91 Å². The molecule has 1 fully saturated rings. The van der Waals surface area contributed by atoms with Gasteiger partial charge in [-0.1, -0.05) is 78.6 Å². The van der Waals surface area contributed by atoms with E-state index < -0.39 is 23.5 Å². The lowest BCUT2D eigenvalue weighted by atomic mass is 9.84. The molecule has 0 spiro atoms. The summed E-state index contributed by atoms with van der Waals surface area (Å²) in [6.45, 7) is 5.95. The second-order valence-corrected chi connectivity index (χ2v) is 9.21. The van der Waals surface area contributed by atoms with Crippen molar-refractivity contribution in [3.63, 3.8) is 0 Å². The first-order chi connectivity index (χ1) is 14.3. The van der Waals surface area contributed by atoms with Crippen LogP contribution in [0.3, 0.4) is 0 Å². The summed E-state index contributed by atoms with van der Waals surface area (Å²) in [5.41, 5.74) is 4.35. The molecule has 1 aliphatic carbocycles. The molecule has 1 aliphatic rings. The fourth-order valence-corrected chi connectivity index (χ4v) is 4.12. The van der Waals surface area contributed by atoms with Gasteiger partial charge in [-0.3, -0.25) is 9.59 Å². The summed E-state index contributed by atoms with van der Waals surface area (Å²) in [5, 5.41) is 2.82. The molecule has 0 aromatic rings. The molecule has 1 atom stereocenters. The molecule has 0 aromatic heterocycles. The lowest BCUT2D eigenvalue weighted by Crippen LogP contribution is -2.54. The van der Waals surface area contributed by atoms with E-state index in [0.717, 1.165) is 38.5 Å². The predicted molar refractivity (Wildman–Crippen MR) is 120 cm³/mol. The molecule has 0 unspecified atom stereocenters. The highest BCUT2D eigenvalue weighted by molar-refractivity contribution is 5.89. The molecular formula is C24H44N2O4. The number of nitrogens with two attached hydrogens (primary N) is 1. The average Bonchev–Trinajstić information content (AvgIpc) is 2.71. The van der Waals surface area contributed by atoms with E-state index >= 15 is 0 Å². The van der Waals surface area contributed by atoms with Gasteiger partial charge in [0.1, 0.15) is 6.04 Å². The van der Waals surface area contributed by atoms with Crippen molar-refractivity contribution in [2.24, 2.45) is 11.7 Å². The van der Waals surface area contributed by atoms with Gasteiger partial charge in [-0.05, 0) is 38.0 Å². The number of carbonyl (C=O) groups excluding carboxylic acids is 3. The number of rotatable bonds is 15. The van der Waals surface area contributed by atoms with Gasteiger partial charge in [-0.2, -0.15) is 0 Å². The minimum atomic E-state index is -1.22. The van der Waals surface area contributed by atoms with Gasteiger partial charge in [0.2, 0.25) is 5.91 Å². The lowest BCUT2D eigenvalue weighted by molar-refractivity contribution is -0.174. The third-order valence-corrected chi connectivity index (χ3v) is 6.15. The minimum absolute atomic E-state index is 0.127. The van der Waals surface area contributed by atoms with E-state index in [4.69, 9.17) is 10.5 Å². The highest BCUT2D eigenvalue weighted by Crippen LogP contribution is 2.32. The maximum absolute atomic E-state index is 12.8. The lowest BCUT2D eigenvalue weighted by Gasteiger charge is -2.35. The first-order valence-corrected chi connectivity index (χ1v) is 12.1. The molecule has 0 saturated heterocycles. The van der Waals surface area contributed by atoms with Crippen molar-refractivity contribution in [3.8, 4) is 0 Å². The standard InChI is InChI=1S/C24H44N2O4/c1-4-5-6-7-8-9-10-11-13-16-20(27)26-21(19(2)3)22(28)30-24(23(25)29)17-14-12-15-18-24/h19,21H,4-18H2,1-3H3,(H2,25,29)(H,26,27)/t21-/m0/s1. The van der Waals surface area contributed by atoms with Gasteiger partial charge in [0.05, 0.1) is 0 Å². The van der Waals surface area contributed by atoms with Crippen LogP contribution in [-0.2, 0) is 19.1 Å². The zero-order valence-electron chi connectivity index (χ0n) is 19.5. The van der Waals surface area contributed by atoms with Crippen molar-refractivity contribution in [1.29, 1.82) is 0 Å². The first kappa shape index (κ1) is 26.4. The van der Waals surface area contributed by atoms with Crippen LogP contribution in [0, 0.1) is 5.92 Å². The zero-order chi connectivity index (χ0) is 22.4. The van der Waals surface area contributed by atoms with Crippen LogP contribution in [0.5, 0.6) is 0 Å². The number of esters is 1. The normalized spacial score (nSPS) is 16.8. The maximum atomic E-state index is 12.8. The molecule has 0 bridgehead atoms. The molecule has 0 radical (unpaired) electrons. The molecule has 0 aromatic carbocycles. The third kappa shape index (κ3) is 9.48. The number of nitrogens with one attached hydrogen (secondary N) is 1. The van der Waals surface area contributed by atoms with Crippen molar-refractivity contribution in [1.82, 2.24) is 5.32 Å². The summed E-state index contributed by atoms with van der Waals surface area (Å²) in [4.78, 5) is 37.1. The summed E-state index contributed by atoms with van der Waals surface area (Å²) in [5.74, 6) is -1.39. The van der Waals surface area contributed by atoms with Crippen molar-refractivity contribution >= 4 is 17.8 Å². The van der Waals surface area contributed by atoms with Crippen LogP contribution in [0.2, 0.25) is 0 Å². The molecular weight excluding hydrogens is 380 g/mol. The summed E-state index contributed by atoms with van der Waals surface area (Å²) in [7, 11) is 0. The van der Waals surface area contributed by atoms with Gasteiger partial charge >= 0.3 is 5.97 Å². The predicted octanol–water partition coefficient (Wildman–Crippen LogP) is 4.78. The second kappa shape index (κ2) is 14.4. The molecule has 6 nitrogen and oxygen atoms in total. The Labute approximate surface area is 183 Å². The maximum Gasteiger partial charge on any atom is 0.329 e. The fraction of sp³-hybridized carbons (Fsp3) is 0.875. The van der Waals surface area contributed by atoms with E-state index in [1.165, 1.54) is 38.5 Å². The van der Waals surface area contributed by atoms with Crippen LogP contribution < -0.4 is 11.1 Å². The average molecular weight is 425 g/mol. The monoisotopic (exact) mass is 424 g/mol. The quantitative estimate of drug-likeness (QED) is 0.292. The molecule has 0 aliphatic heterocycles. The highest BCUT2D eigenvalue weighted by Gasteiger charge is 2.43. The SMILES string of the molecule is CCCCCCCCCCCC(=O)N[C@H](C(=O)OC1(C(N)=O)CCCCC1)C(C)C. The van der Waals surface area contributed by atoms with Gasteiger partial charge in [0, 0.05) is 6.42 Å². The number of amides is 2. The Balaban J connectivity index is 2.39. The Morgan fingerprint density at radius 3 is 1.93 bits per heavy atom. The molecule has 30 heavy (non-hydrogen) atoms. The van der Waals surface area contributed by atoms with Crippen molar-refractivity contribution in [3.05, 3.63) is 0 Å². The number of primary amides is 1. The topological polar surface area (TPSA) is 98.5 Å². The van der Waals surface area contributed by atoms with Crippen molar-refractivity contribution in [2.75, 3.05) is 0 Å². The Hall–Kier alpha value is -1.59. The third-order valence-electron chi connectivity index (χ3n) is 6.15. The van der Waals surface area contributed by atoms with Crippen LogP contribution in [0.25, 0.3) is 0 Å². The summed E-state index contributed by atoms with van der Waals surface area (Å²) in [6.07, 6.45) is 14.7. The molecule has 2 amide bonds. The first-order valence-electron chi connectivity index (χ1n) is 12.1. The zero-order valence-corrected chi connectivity index (χ0v) is 19.5.